The Morgan fingerprint density at radius 2 is 2.19 bits per heavy atom. The Kier molecular flexibility index (Phi) is 4.29. The van der Waals surface area contributed by atoms with Gasteiger partial charge < -0.3 is 14.9 Å². The van der Waals surface area contributed by atoms with Crippen LogP contribution in [0.2, 0.25) is 0 Å². The summed E-state index contributed by atoms with van der Waals surface area (Å²) in [6.07, 6.45) is 1.12. The maximum atomic E-state index is 6.16. The minimum absolute atomic E-state index is 0.135. The van der Waals surface area contributed by atoms with Gasteiger partial charge in [0.1, 0.15) is 11.3 Å². The van der Waals surface area contributed by atoms with E-state index in [4.69, 9.17) is 14.9 Å². The van der Waals surface area contributed by atoms with Gasteiger partial charge in [0.15, 0.2) is 0 Å². The monoisotopic (exact) mass is 288 g/mol. The molecule has 3 rings (SSSR count). The third kappa shape index (κ3) is 2.71. The zero-order chi connectivity index (χ0) is 14.8. The van der Waals surface area contributed by atoms with E-state index in [-0.39, 0.29) is 12.1 Å². The molecule has 1 aliphatic heterocycles. The van der Waals surface area contributed by atoms with E-state index in [2.05, 4.69) is 30.9 Å². The highest BCUT2D eigenvalue weighted by Crippen LogP contribution is 2.33. The molecule has 0 amide bonds. The molecule has 2 N–H and O–H groups in total. The van der Waals surface area contributed by atoms with Gasteiger partial charge in [0.2, 0.25) is 0 Å². The fourth-order valence-electron chi connectivity index (χ4n) is 3.22. The second-order valence-corrected chi connectivity index (χ2v) is 5.69. The van der Waals surface area contributed by atoms with Crippen LogP contribution in [0.5, 0.6) is 0 Å². The molecule has 2 unspecified atom stereocenters. The van der Waals surface area contributed by atoms with Crippen molar-refractivity contribution in [3.8, 4) is 0 Å². The molecular formula is C17H24N2O2. The lowest BCUT2D eigenvalue weighted by Gasteiger charge is -2.35. The van der Waals surface area contributed by atoms with E-state index in [0.29, 0.717) is 6.54 Å². The predicted molar refractivity (Wildman–Crippen MR) is 84.4 cm³/mol. The molecule has 21 heavy (non-hydrogen) atoms. The first-order valence-corrected chi connectivity index (χ1v) is 7.80. The van der Waals surface area contributed by atoms with E-state index in [1.165, 1.54) is 10.9 Å². The third-order valence-electron chi connectivity index (χ3n) is 4.44. The quantitative estimate of drug-likeness (QED) is 0.940. The Balaban J connectivity index is 1.92. The normalized spacial score (nSPS) is 21.8. The Morgan fingerprint density at radius 3 is 2.95 bits per heavy atom. The number of hydrogen-bond acceptors (Lipinski definition) is 4. The summed E-state index contributed by atoms with van der Waals surface area (Å²) in [4.78, 5) is 2.41. The molecule has 0 radical (unpaired) electrons. The van der Waals surface area contributed by atoms with Crippen LogP contribution in [0.3, 0.4) is 0 Å². The summed E-state index contributed by atoms with van der Waals surface area (Å²) in [7, 11) is 0. The molecule has 0 aliphatic carbocycles. The van der Waals surface area contributed by atoms with Gasteiger partial charge in [0, 0.05) is 30.6 Å². The van der Waals surface area contributed by atoms with Crippen LogP contribution >= 0.6 is 0 Å². The highest BCUT2D eigenvalue weighted by atomic mass is 16.5. The molecule has 4 heteroatoms. The van der Waals surface area contributed by atoms with E-state index >= 15 is 0 Å². The number of nitrogens with two attached hydrogens (primary N) is 1. The van der Waals surface area contributed by atoms with Gasteiger partial charge in [0.25, 0.3) is 0 Å². The number of furan rings is 1. The Bertz CT molecular complexity index is 608. The van der Waals surface area contributed by atoms with Gasteiger partial charge in [-0.1, -0.05) is 25.1 Å². The summed E-state index contributed by atoms with van der Waals surface area (Å²) in [5.74, 6) is 1.09. The molecule has 1 fully saturated rings. The number of para-hydroxylation sites is 1. The van der Waals surface area contributed by atoms with E-state index < -0.39 is 0 Å². The second kappa shape index (κ2) is 6.18. The van der Waals surface area contributed by atoms with Crippen molar-refractivity contribution in [3.63, 3.8) is 0 Å². The first-order valence-electron chi connectivity index (χ1n) is 7.80. The van der Waals surface area contributed by atoms with Gasteiger partial charge in [-0.2, -0.15) is 0 Å². The summed E-state index contributed by atoms with van der Waals surface area (Å²) in [5, 5.41) is 1.24. The molecule has 1 saturated heterocycles. The summed E-state index contributed by atoms with van der Waals surface area (Å²) < 4.78 is 11.8. The third-order valence-corrected chi connectivity index (χ3v) is 4.44. The lowest BCUT2D eigenvalue weighted by atomic mass is 10.0. The van der Waals surface area contributed by atoms with Gasteiger partial charge in [0.05, 0.1) is 18.8 Å². The summed E-state index contributed by atoms with van der Waals surface area (Å²) >= 11 is 0. The Morgan fingerprint density at radius 1 is 1.38 bits per heavy atom. The van der Waals surface area contributed by atoms with Gasteiger partial charge in [-0.3, -0.25) is 4.90 Å². The number of morpholine rings is 1. The molecule has 1 aromatic carbocycles. The van der Waals surface area contributed by atoms with Crippen LogP contribution < -0.4 is 5.73 Å². The lowest BCUT2D eigenvalue weighted by molar-refractivity contribution is -0.0390. The number of nitrogens with zero attached hydrogens (tertiary/aromatic N) is 1. The number of hydrogen-bond donors (Lipinski definition) is 1. The minimum Gasteiger partial charge on any atom is -0.459 e. The highest BCUT2D eigenvalue weighted by molar-refractivity contribution is 5.82. The largest absolute Gasteiger partial charge is 0.459 e. The summed E-state index contributed by atoms with van der Waals surface area (Å²) in [5.41, 5.74) is 8.06. The van der Waals surface area contributed by atoms with Gasteiger partial charge >= 0.3 is 0 Å². The second-order valence-electron chi connectivity index (χ2n) is 5.69. The van der Waals surface area contributed by atoms with E-state index in [1.807, 2.05) is 12.1 Å². The maximum absolute atomic E-state index is 6.16. The van der Waals surface area contributed by atoms with Crippen molar-refractivity contribution < 1.29 is 9.15 Å². The van der Waals surface area contributed by atoms with Crippen LogP contribution in [0.1, 0.15) is 31.2 Å². The van der Waals surface area contributed by atoms with Gasteiger partial charge in [-0.25, -0.2) is 0 Å². The standard InChI is InChI=1S/C17H24N2O2/c1-3-14-15-6-4-5-7-16(15)21-17(14)12(2)19-8-9-20-13(10-18)11-19/h4-7,12-13H,3,8-11,18H2,1-2H3. The van der Waals surface area contributed by atoms with Crippen LogP contribution in [0.4, 0.5) is 0 Å². The number of rotatable bonds is 4. The highest BCUT2D eigenvalue weighted by Gasteiger charge is 2.28. The Labute approximate surface area is 125 Å². The molecule has 2 heterocycles. The van der Waals surface area contributed by atoms with Crippen molar-refractivity contribution in [2.45, 2.75) is 32.4 Å². The smallest absolute Gasteiger partial charge is 0.134 e. The van der Waals surface area contributed by atoms with Crippen molar-refractivity contribution in [2.75, 3.05) is 26.2 Å². The summed E-state index contributed by atoms with van der Waals surface area (Å²) in [6.45, 7) is 7.53. The van der Waals surface area contributed by atoms with Crippen molar-refractivity contribution >= 4 is 11.0 Å². The first-order chi connectivity index (χ1) is 10.2. The molecule has 2 aromatic rings. The van der Waals surface area contributed by atoms with Crippen molar-refractivity contribution in [2.24, 2.45) is 5.73 Å². The average Bonchev–Trinajstić information content (AvgIpc) is 2.92. The van der Waals surface area contributed by atoms with E-state index in [0.717, 1.165) is 37.5 Å². The predicted octanol–water partition coefficient (Wildman–Crippen LogP) is 2.72. The molecule has 1 aliphatic rings. The molecular weight excluding hydrogens is 264 g/mol. The number of ether oxygens (including phenoxy) is 1. The molecule has 1 aromatic heterocycles. The molecule has 2 atom stereocenters. The van der Waals surface area contributed by atoms with Crippen LogP contribution in [-0.2, 0) is 11.2 Å². The maximum Gasteiger partial charge on any atom is 0.134 e. The fraction of sp³-hybridized carbons (Fsp3) is 0.529. The van der Waals surface area contributed by atoms with Crippen molar-refractivity contribution in [1.82, 2.24) is 4.90 Å². The first kappa shape index (κ1) is 14.6. The summed E-state index contributed by atoms with van der Waals surface area (Å²) in [6, 6.07) is 8.55. The van der Waals surface area contributed by atoms with Gasteiger partial charge in [-0.05, 0) is 19.4 Å². The van der Waals surface area contributed by atoms with E-state index in [9.17, 15) is 0 Å². The Hall–Kier alpha value is -1.36. The van der Waals surface area contributed by atoms with Crippen LogP contribution in [0.25, 0.3) is 11.0 Å². The topological polar surface area (TPSA) is 51.6 Å². The van der Waals surface area contributed by atoms with Crippen LogP contribution in [0.15, 0.2) is 28.7 Å². The lowest BCUT2D eigenvalue weighted by Crippen LogP contribution is -2.46. The average molecular weight is 288 g/mol. The number of benzene rings is 1. The number of aryl methyl sites for hydroxylation is 1. The minimum atomic E-state index is 0.135. The fourth-order valence-corrected chi connectivity index (χ4v) is 3.22. The zero-order valence-corrected chi connectivity index (χ0v) is 12.8. The molecule has 0 saturated carbocycles. The molecule has 114 valence electrons. The molecule has 0 bridgehead atoms. The molecule has 4 nitrogen and oxygen atoms in total. The van der Waals surface area contributed by atoms with Crippen molar-refractivity contribution in [3.05, 3.63) is 35.6 Å². The van der Waals surface area contributed by atoms with Gasteiger partial charge in [-0.15, -0.1) is 0 Å². The van der Waals surface area contributed by atoms with Crippen LogP contribution in [-0.4, -0.2) is 37.2 Å². The zero-order valence-electron chi connectivity index (χ0n) is 12.8. The SMILES string of the molecule is CCc1c(C(C)N2CCOC(CN)C2)oc2ccccc12. The molecule has 0 spiro atoms. The van der Waals surface area contributed by atoms with Crippen molar-refractivity contribution in [1.29, 1.82) is 0 Å². The van der Waals surface area contributed by atoms with E-state index in [1.54, 1.807) is 0 Å². The van der Waals surface area contributed by atoms with Crippen LogP contribution in [0, 0.1) is 0 Å². The number of fused-ring (bicyclic) bond motifs is 1.